The second-order valence-electron chi connectivity index (χ2n) is 3.98. The molecular formula is C12H15N3O5. The number of anilines is 1. The number of rotatable bonds is 5. The van der Waals surface area contributed by atoms with E-state index in [1.54, 1.807) is 13.8 Å². The van der Waals surface area contributed by atoms with E-state index in [-0.39, 0.29) is 18.0 Å². The highest BCUT2D eigenvalue weighted by Gasteiger charge is 2.24. The zero-order valence-corrected chi connectivity index (χ0v) is 11.1. The van der Waals surface area contributed by atoms with Gasteiger partial charge in [0.15, 0.2) is 6.04 Å². The fraction of sp³-hybridized carbons (Fsp3) is 0.333. The lowest BCUT2D eigenvalue weighted by Crippen LogP contribution is -2.43. The van der Waals surface area contributed by atoms with Crippen molar-refractivity contribution in [1.29, 1.82) is 0 Å². The molecule has 0 aromatic heterocycles. The zero-order valence-electron chi connectivity index (χ0n) is 11.1. The number of carbonyl (C=O) groups excluding carboxylic acids is 2. The molecule has 20 heavy (non-hydrogen) atoms. The van der Waals surface area contributed by atoms with E-state index >= 15 is 0 Å². The molecule has 0 radical (unpaired) electrons. The summed E-state index contributed by atoms with van der Waals surface area (Å²) in [5.41, 5.74) is 6.09. The molecule has 1 aromatic rings. The van der Waals surface area contributed by atoms with Crippen LogP contribution in [0.5, 0.6) is 0 Å². The first-order chi connectivity index (χ1) is 9.36. The maximum Gasteiger partial charge on any atom is 0.332 e. The van der Waals surface area contributed by atoms with Gasteiger partial charge in [0, 0.05) is 12.1 Å². The number of aryl methyl sites for hydroxylation is 1. The van der Waals surface area contributed by atoms with E-state index in [4.69, 9.17) is 5.73 Å². The average molecular weight is 281 g/mol. The Morgan fingerprint density at radius 2 is 2.15 bits per heavy atom. The van der Waals surface area contributed by atoms with E-state index in [0.717, 1.165) is 0 Å². The Labute approximate surface area is 115 Å². The minimum absolute atomic E-state index is 0.107. The van der Waals surface area contributed by atoms with E-state index in [0.29, 0.717) is 5.56 Å². The molecule has 0 aliphatic carbocycles. The van der Waals surface area contributed by atoms with E-state index in [2.05, 4.69) is 10.1 Å². The molecule has 108 valence electrons. The van der Waals surface area contributed by atoms with E-state index in [1.165, 1.54) is 18.2 Å². The molecule has 1 aromatic carbocycles. The van der Waals surface area contributed by atoms with Crippen LogP contribution in [0.15, 0.2) is 18.2 Å². The molecule has 0 aliphatic rings. The molecule has 1 amide bonds. The normalized spacial score (nSPS) is 11.6. The Morgan fingerprint density at radius 1 is 1.50 bits per heavy atom. The van der Waals surface area contributed by atoms with Crippen LogP contribution in [0.25, 0.3) is 0 Å². The van der Waals surface area contributed by atoms with Crippen LogP contribution < -0.4 is 11.1 Å². The van der Waals surface area contributed by atoms with Crippen molar-refractivity contribution in [1.82, 2.24) is 0 Å². The molecule has 0 fully saturated rings. The predicted molar refractivity (Wildman–Crippen MR) is 71.1 cm³/mol. The van der Waals surface area contributed by atoms with Gasteiger partial charge in [-0.15, -0.1) is 0 Å². The van der Waals surface area contributed by atoms with Crippen molar-refractivity contribution >= 4 is 23.3 Å². The Bertz CT molecular complexity index is 544. The van der Waals surface area contributed by atoms with Crippen LogP contribution in [0.1, 0.15) is 12.5 Å². The van der Waals surface area contributed by atoms with Gasteiger partial charge in [-0.05, 0) is 19.4 Å². The van der Waals surface area contributed by atoms with Crippen molar-refractivity contribution in [2.24, 2.45) is 5.73 Å². The van der Waals surface area contributed by atoms with Crippen molar-refractivity contribution in [3.05, 3.63) is 33.9 Å². The smallest absolute Gasteiger partial charge is 0.332 e. The third-order valence-corrected chi connectivity index (χ3v) is 2.51. The van der Waals surface area contributed by atoms with Gasteiger partial charge in [-0.25, -0.2) is 4.79 Å². The number of non-ortho nitro benzene ring substituents is 1. The number of nitro groups is 1. The SMILES string of the molecule is CCOC(=O)C(N)C(=O)Nc1cc([N+](=O)[O-])ccc1C. The molecule has 1 atom stereocenters. The molecule has 0 bridgehead atoms. The number of benzene rings is 1. The van der Waals surface area contributed by atoms with Gasteiger partial charge >= 0.3 is 5.97 Å². The van der Waals surface area contributed by atoms with Crippen LogP contribution in [-0.2, 0) is 14.3 Å². The first-order valence-electron chi connectivity index (χ1n) is 5.85. The second kappa shape index (κ2) is 6.62. The standard InChI is InChI=1S/C12H15N3O5/c1-3-20-12(17)10(13)11(16)14-9-6-8(15(18)19)5-4-7(9)2/h4-6,10H,3,13H2,1-2H3,(H,14,16). The quantitative estimate of drug-likeness (QED) is 0.355. The Morgan fingerprint density at radius 3 is 2.70 bits per heavy atom. The number of nitrogens with zero attached hydrogens (tertiary/aromatic N) is 1. The highest BCUT2D eigenvalue weighted by Crippen LogP contribution is 2.21. The first kappa shape index (κ1) is 15.6. The van der Waals surface area contributed by atoms with E-state index < -0.39 is 22.8 Å². The lowest BCUT2D eigenvalue weighted by Gasteiger charge is -2.12. The first-order valence-corrected chi connectivity index (χ1v) is 5.85. The summed E-state index contributed by atoms with van der Waals surface area (Å²) in [7, 11) is 0. The second-order valence-corrected chi connectivity index (χ2v) is 3.98. The summed E-state index contributed by atoms with van der Waals surface area (Å²) in [5, 5.41) is 13.0. The number of hydrogen-bond donors (Lipinski definition) is 2. The van der Waals surface area contributed by atoms with Crippen LogP contribution in [0, 0.1) is 17.0 Å². The summed E-state index contributed by atoms with van der Waals surface area (Å²) in [6.45, 7) is 3.36. The Balaban J connectivity index is 2.87. The number of amides is 1. The van der Waals surface area contributed by atoms with Gasteiger partial charge in [0.05, 0.1) is 17.2 Å². The van der Waals surface area contributed by atoms with E-state index in [9.17, 15) is 19.7 Å². The average Bonchev–Trinajstić information content (AvgIpc) is 2.40. The van der Waals surface area contributed by atoms with Crippen LogP contribution in [0.2, 0.25) is 0 Å². The third kappa shape index (κ3) is 3.75. The van der Waals surface area contributed by atoms with Crippen LogP contribution in [-0.4, -0.2) is 29.4 Å². The van der Waals surface area contributed by atoms with Gasteiger partial charge < -0.3 is 15.8 Å². The van der Waals surface area contributed by atoms with Crippen molar-refractivity contribution in [3.8, 4) is 0 Å². The van der Waals surface area contributed by atoms with Crippen molar-refractivity contribution in [2.45, 2.75) is 19.9 Å². The molecule has 0 heterocycles. The molecule has 3 N–H and O–H groups in total. The maximum absolute atomic E-state index is 11.8. The summed E-state index contributed by atoms with van der Waals surface area (Å²) in [6, 6.07) is 2.53. The zero-order chi connectivity index (χ0) is 15.3. The lowest BCUT2D eigenvalue weighted by molar-refractivity contribution is -0.384. The molecule has 1 unspecified atom stereocenters. The largest absolute Gasteiger partial charge is 0.464 e. The Kier molecular flexibility index (Phi) is 5.15. The molecule has 0 aliphatic heterocycles. The van der Waals surface area contributed by atoms with Gasteiger partial charge in [-0.3, -0.25) is 14.9 Å². The maximum atomic E-state index is 11.8. The fourth-order valence-electron chi connectivity index (χ4n) is 1.41. The van der Waals surface area contributed by atoms with Gasteiger partial charge in [0.1, 0.15) is 0 Å². The summed E-state index contributed by atoms with van der Waals surface area (Å²) in [5.74, 6) is -1.64. The van der Waals surface area contributed by atoms with Gasteiger partial charge in [-0.2, -0.15) is 0 Å². The lowest BCUT2D eigenvalue weighted by atomic mass is 10.1. The molecule has 0 saturated carbocycles. The monoisotopic (exact) mass is 281 g/mol. The topological polar surface area (TPSA) is 125 Å². The van der Waals surface area contributed by atoms with Gasteiger partial charge in [0.2, 0.25) is 0 Å². The molecule has 0 saturated heterocycles. The molecule has 1 rings (SSSR count). The summed E-state index contributed by atoms with van der Waals surface area (Å²) in [4.78, 5) is 33.2. The predicted octanol–water partition coefficient (Wildman–Crippen LogP) is 0.732. The minimum atomic E-state index is -1.48. The summed E-state index contributed by atoms with van der Waals surface area (Å²) in [6.07, 6.45) is 0. The van der Waals surface area contributed by atoms with Crippen LogP contribution >= 0.6 is 0 Å². The molecule has 8 nitrogen and oxygen atoms in total. The van der Waals surface area contributed by atoms with E-state index in [1.807, 2.05) is 0 Å². The van der Waals surface area contributed by atoms with Crippen LogP contribution in [0.4, 0.5) is 11.4 Å². The third-order valence-electron chi connectivity index (χ3n) is 2.51. The number of nitrogens with one attached hydrogen (secondary N) is 1. The fourth-order valence-corrected chi connectivity index (χ4v) is 1.41. The number of ether oxygens (including phenoxy) is 1. The van der Waals surface area contributed by atoms with Gasteiger partial charge in [-0.1, -0.05) is 6.07 Å². The number of hydrogen-bond acceptors (Lipinski definition) is 6. The molecule has 0 spiro atoms. The molecular weight excluding hydrogens is 266 g/mol. The van der Waals surface area contributed by atoms with Gasteiger partial charge in [0.25, 0.3) is 11.6 Å². The van der Waals surface area contributed by atoms with Crippen molar-refractivity contribution < 1.29 is 19.2 Å². The van der Waals surface area contributed by atoms with Crippen LogP contribution in [0.3, 0.4) is 0 Å². The van der Waals surface area contributed by atoms with Crippen molar-refractivity contribution in [3.63, 3.8) is 0 Å². The number of nitro benzene ring substituents is 1. The highest BCUT2D eigenvalue weighted by molar-refractivity contribution is 6.08. The number of esters is 1. The number of carbonyl (C=O) groups is 2. The Hall–Kier alpha value is -2.48. The van der Waals surface area contributed by atoms with Crippen molar-refractivity contribution in [2.75, 3.05) is 11.9 Å². The number of nitrogens with two attached hydrogens (primary N) is 1. The summed E-state index contributed by atoms with van der Waals surface area (Å²) < 4.78 is 4.62. The molecule has 8 heteroatoms. The summed E-state index contributed by atoms with van der Waals surface area (Å²) >= 11 is 0. The highest BCUT2D eigenvalue weighted by atomic mass is 16.6. The minimum Gasteiger partial charge on any atom is -0.464 e.